The van der Waals surface area contributed by atoms with E-state index in [0.29, 0.717) is 11.6 Å². The average molecular weight is 215 g/mol. The van der Waals surface area contributed by atoms with Gasteiger partial charge in [-0.1, -0.05) is 43.6 Å². The van der Waals surface area contributed by atoms with Crippen LogP contribution in [-0.4, -0.2) is 6.03 Å². The molecule has 0 aromatic heterocycles. The maximum absolute atomic E-state index is 10.4. The van der Waals surface area contributed by atoms with Crippen LogP contribution in [0.5, 0.6) is 0 Å². The highest BCUT2D eigenvalue weighted by Crippen LogP contribution is 2.13. The van der Waals surface area contributed by atoms with Crippen molar-refractivity contribution in [1.29, 1.82) is 0 Å². The molecule has 1 aromatic carbocycles. The van der Waals surface area contributed by atoms with Gasteiger partial charge in [0.25, 0.3) is 0 Å². The summed E-state index contributed by atoms with van der Waals surface area (Å²) >= 11 is 5.82. The average Bonchev–Trinajstić information content (AvgIpc) is 2.19. The third kappa shape index (κ3) is 4.72. The summed E-state index contributed by atoms with van der Waals surface area (Å²) in [7, 11) is 0. The van der Waals surface area contributed by atoms with E-state index in [0.717, 1.165) is 5.56 Å². The zero-order chi connectivity index (χ0) is 11.0. The molecule has 0 spiro atoms. The first-order valence-corrected chi connectivity index (χ1v) is 4.84. The van der Waals surface area contributed by atoms with Crippen molar-refractivity contribution >= 4 is 17.6 Å². The molecular weight excluding hydrogens is 200 g/mol. The van der Waals surface area contributed by atoms with Crippen molar-refractivity contribution in [1.82, 2.24) is 5.32 Å². The lowest BCUT2D eigenvalue weighted by atomic mass is 10.2. The van der Waals surface area contributed by atoms with Crippen LogP contribution in [0, 0.1) is 0 Å². The first kappa shape index (κ1) is 12.8. The molecule has 0 radical (unpaired) electrons. The molecule has 0 bridgehead atoms. The van der Waals surface area contributed by atoms with E-state index in [4.69, 9.17) is 17.3 Å². The fourth-order valence-electron chi connectivity index (χ4n) is 0.824. The number of amides is 2. The Bertz CT molecular complexity index is 289. The number of nitrogens with two attached hydrogens (primary N) is 1. The first-order chi connectivity index (χ1) is 6.70. The van der Waals surface area contributed by atoms with E-state index >= 15 is 0 Å². The Labute approximate surface area is 89.3 Å². The van der Waals surface area contributed by atoms with Crippen LogP contribution >= 0.6 is 11.6 Å². The molecular formula is C10H15ClN2O. The third-order valence-electron chi connectivity index (χ3n) is 1.41. The quantitative estimate of drug-likeness (QED) is 0.781. The van der Waals surface area contributed by atoms with Crippen LogP contribution in [0.15, 0.2) is 24.3 Å². The van der Waals surface area contributed by atoms with Gasteiger partial charge in [-0.15, -0.1) is 0 Å². The van der Waals surface area contributed by atoms with E-state index in [-0.39, 0.29) is 0 Å². The van der Waals surface area contributed by atoms with Gasteiger partial charge in [-0.05, 0) is 11.6 Å². The van der Waals surface area contributed by atoms with Gasteiger partial charge in [0.05, 0.1) is 0 Å². The smallest absolute Gasteiger partial charge is 0.312 e. The Morgan fingerprint density at radius 3 is 2.50 bits per heavy atom. The Morgan fingerprint density at radius 2 is 2.00 bits per heavy atom. The van der Waals surface area contributed by atoms with Crippen molar-refractivity contribution in [3.8, 4) is 0 Å². The summed E-state index contributed by atoms with van der Waals surface area (Å²) in [6, 6.07) is 6.73. The minimum absolute atomic E-state index is 0.370. The predicted molar refractivity (Wildman–Crippen MR) is 59.2 cm³/mol. The van der Waals surface area contributed by atoms with Crippen molar-refractivity contribution in [3.05, 3.63) is 34.9 Å². The lowest BCUT2D eigenvalue weighted by Gasteiger charge is -2.03. The number of hydrogen-bond donors (Lipinski definition) is 2. The summed E-state index contributed by atoms with van der Waals surface area (Å²) < 4.78 is 0. The van der Waals surface area contributed by atoms with Crippen molar-refractivity contribution < 1.29 is 4.79 Å². The second kappa shape index (κ2) is 7.21. The van der Waals surface area contributed by atoms with Crippen LogP contribution in [0.3, 0.4) is 0 Å². The monoisotopic (exact) mass is 214 g/mol. The number of primary amides is 1. The van der Waals surface area contributed by atoms with Crippen LogP contribution in [0.1, 0.15) is 19.4 Å². The number of urea groups is 1. The van der Waals surface area contributed by atoms with Gasteiger partial charge in [0, 0.05) is 11.6 Å². The number of nitrogens with one attached hydrogen (secondary N) is 1. The van der Waals surface area contributed by atoms with E-state index in [9.17, 15) is 4.79 Å². The first-order valence-electron chi connectivity index (χ1n) is 4.47. The molecule has 1 aromatic rings. The topological polar surface area (TPSA) is 55.1 Å². The Morgan fingerprint density at radius 1 is 1.43 bits per heavy atom. The van der Waals surface area contributed by atoms with Gasteiger partial charge in [-0.25, -0.2) is 4.79 Å². The summed E-state index contributed by atoms with van der Waals surface area (Å²) in [5.41, 5.74) is 5.76. The van der Waals surface area contributed by atoms with Gasteiger partial charge in [-0.3, -0.25) is 0 Å². The molecule has 0 aliphatic rings. The van der Waals surface area contributed by atoms with E-state index in [1.165, 1.54) is 0 Å². The Balaban J connectivity index is 0.000000791. The number of rotatable bonds is 2. The highest BCUT2D eigenvalue weighted by molar-refractivity contribution is 6.31. The number of halogens is 1. The van der Waals surface area contributed by atoms with Gasteiger partial charge < -0.3 is 11.1 Å². The molecule has 2 amide bonds. The lowest BCUT2D eigenvalue weighted by Crippen LogP contribution is -2.28. The molecule has 14 heavy (non-hydrogen) atoms. The molecule has 4 heteroatoms. The van der Waals surface area contributed by atoms with Crippen molar-refractivity contribution in [2.24, 2.45) is 5.73 Å². The maximum Gasteiger partial charge on any atom is 0.312 e. The second-order valence-corrected chi connectivity index (χ2v) is 2.72. The molecule has 0 saturated carbocycles. The van der Waals surface area contributed by atoms with E-state index in [1.807, 2.05) is 32.0 Å². The lowest BCUT2D eigenvalue weighted by molar-refractivity contribution is 0.248. The summed E-state index contributed by atoms with van der Waals surface area (Å²) in [6.07, 6.45) is 0. The minimum Gasteiger partial charge on any atom is -0.352 e. The van der Waals surface area contributed by atoms with Gasteiger partial charge in [0.1, 0.15) is 0 Å². The highest BCUT2D eigenvalue weighted by Gasteiger charge is 1.98. The molecule has 1 rings (SSSR count). The molecule has 0 heterocycles. The van der Waals surface area contributed by atoms with Crippen LogP contribution < -0.4 is 11.1 Å². The van der Waals surface area contributed by atoms with E-state index in [2.05, 4.69) is 5.32 Å². The van der Waals surface area contributed by atoms with Crippen molar-refractivity contribution in [2.45, 2.75) is 20.4 Å². The summed E-state index contributed by atoms with van der Waals surface area (Å²) in [5.74, 6) is 0. The molecule has 0 aliphatic heterocycles. The summed E-state index contributed by atoms with van der Waals surface area (Å²) in [6.45, 7) is 4.37. The van der Waals surface area contributed by atoms with Gasteiger partial charge >= 0.3 is 6.03 Å². The van der Waals surface area contributed by atoms with Crippen molar-refractivity contribution in [2.75, 3.05) is 0 Å². The third-order valence-corrected chi connectivity index (χ3v) is 1.78. The van der Waals surface area contributed by atoms with Gasteiger partial charge in [-0.2, -0.15) is 0 Å². The maximum atomic E-state index is 10.4. The highest BCUT2D eigenvalue weighted by atomic mass is 35.5. The van der Waals surface area contributed by atoms with Gasteiger partial charge in [0.2, 0.25) is 0 Å². The largest absolute Gasteiger partial charge is 0.352 e. The molecule has 3 N–H and O–H groups in total. The predicted octanol–water partition coefficient (Wildman–Crippen LogP) is 2.53. The molecule has 0 unspecified atom stereocenters. The van der Waals surface area contributed by atoms with Crippen LogP contribution in [0.4, 0.5) is 4.79 Å². The number of benzene rings is 1. The number of hydrogen-bond acceptors (Lipinski definition) is 1. The molecule has 0 saturated heterocycles. The summed E-state index contributed by atoms with van der Waals surface area (Å²) in [5, 5.41) is 3.09. The van der Waals surface area contributed by atoms with E-state index < -0.39 is 6.03 Å². The summed E-state index contributed by atoms with van der Waals surface area (Å²) in [4.78, 5) is 10.4. The molecule has 3 nitrogen and oxygen atoms in total. The number of carbonyl (C=O) groups is 1. The Hall–Kier alpha value is -1.22. The molecule has 78 valence electrons. The van der Waals surface area contributed by atoms with E-state index in [1.54, 1.807) is 6.07 Å². The zero-order valence-electron chi connectivity index (χ0n) is 8.38. The van der Waals surface area contributed by atoms with Crippen LogP contribution in [0.2, 0.25) is 5.02 Å². The van der Waals surface area contributed by atoms with Gasteiger partial charge in [0.15, 0.2) is 0 Å². The van der Waals surface area contributed by atoms with Crippen molar-refractivity contribution in [3.63, 3.8) is 0 Å². The fraction of sp³-hybridized carbons (Fsp3) is 0.300. The fourth-order valence-corrected chi connectivity index (χ4v) is 1.03. The second-order valence-electron chi connectivity index (χ2n) is 2.31. The van der Waals surface area contributed by atoms with Crippen LogP contribution in [0.25, 0.3) is 0 Å². The normalized spacial score (nSPS) is 8.50. The Kier molecular flexibility index (Phi) is 6.58. The minimum atomic E-state index is -0.546. The SMILES string of the molecule is CC.NC(=O)NCc1ccccc1Cl. The molecule has 0 fully saturated rings. The number of carbonyl (C=O) groups excluding carboxylic acids is 1. The molecule has 0 aliphatic carbocycles. The van der Waals surface area contributed by atoms with Crippen LogP contribution in [-0.2, 0) is 6.54 Å². The standard InChI is InChI=1S/C8H9ClN2O.C2H6/c9-7-4-2-1-3-6(7)5-11-8(10)12;1-2/h1-4H,5H2,(H3,10,11,12);1-2H3. The molecule has 0 atom stereocenters. The zero-order valence-corrected chi connectivity index (χ0v) is 9.14.